The first kappa shape index (κ1) is 20.2. The summed E-state index contributed by atoms with van der Waals surface area (Å²) in [6.07, 6.45) is 0.758. The molecule has 5 nitrogen and oxygen atoms in total. The molecular weight excluding hydrogens is 379 g/mol. The Kier molecular flexibility index (Phi) is 6.57. The van der Waals surface area contributed by atoms with Crippen molar-refractivity contribution in [3.8, 4) is 5.75 Å². The highest BCUT2D eigenvalue weighted by Crippen LogP contribution is 2.33. The minimum absolute atomic E-state index is 0.0452. The van der Waals surface area contributed by atoms with Crippen LogP contribution in [0.4, 0.5) is 4.39 Å². The number of amides is 2. The van der Waals surface area contributed by atoms with Crippen LogP contribution < -0.4 is 10.1 Å². The van der Waals surface area contributed by atoms with E-state index in [2.05, 4.69) is 5.32 Å². The van der Waals surface area contributed by atoms with Gasteiger partial charge >= 0.3 is 0 Å². The van der Waals surface area contributed by atoms with Crippen LogP contribution in [0.15, 0.2) is 48.5 Å². The summed E-state index contributed by atoms with van der Waals surface area (Å²) in [6.45, 7) is 2.30. The molecule has 1 N–H and O–H groups in total. The molecule has 0 saturated carbocycles. The molecule has 1 heterocycles. The topological polar surface area (TPSA) is 58.6 Å². The molecule has 2 unspecified atom stereocenters. The van der Waals surface area contributed by atoms with E-state index >= 15 is 0 Å². The minimum atomic E-state index is -0.537. The second-order valence-corrected chi connectivity index (χ2v) is 7.71. The average molecular weight is 402 g/mol. The number of nitrogens with zero attached hydrogens (tertiary/aromatic N) is 1. The van der Waals surface area contributed by atoms with Crippen molar-refractivity contribution in [3.63, 3.8) is 0 Å². The zero-order chi connectivity index (χ0) is 20.1. The Morgan fingerprint density at radius 2 is 1.86 bits per heavy atom. The maximum atomic E-state index is 13.1. The molecule has 0 aliphatic carbocycles. The fourth-order valence-electron chi connectivity index (χ4n) is 3.14. The van der Waals surface area contributed by atoms with E-state index in [9.17, 15) is 14.0 Å². The molecule has 28 heavy (non-hydrogen) atoms. The number of thioether (sulfide) groups is 1. The van der Waals surface area contributed by atoms with Crippen LogP contribution in [0.2, 0.25) is 0 Å². The molecule has 0 bridgehead atoms. The van der Waals surface area contributed by atoms with Gasteiger partial charge in [0, 0.05) is 17.9 Å². The van der Waals surface area contributed by atoms with Crippen molar-refractivity contribution >= 4 is 23.6 Å². The van der Waals surface area contributed by atoms with E-state index in [-0.39, 0.29) is 23.0 Å². The van der Waals surface area contributed by atoms with Crippen LogP contribution >= 0.6 is 11.8 Å². The Hall–Kier alpha value is -2.54. The third-order valence-corrected chi connectivity index (χ3v) is 6.15. The normalized spacial score (nSPS) is 18.8. The zero-order valence-electron chi connectivity index (χ0n) is 15.9. The van der Waals surface area contributed by atoms with Gasteiger partial charge in [0.25, 0.3) is 5.91 Å². The zero-order valence-corrected chi connectivity index (χ0v) is 16.7. The van der Waals surface area contributed by atoms with Gasteiger partial charge in [-0.15, -0.1) is 11.8 Å². The van der Waals surface area contributed by atoms with Crippen LogP contribution in [0.25, 0.3) is 0 Å². The summed E-state index contributed by atoms with van der Waals surface area (Å²) in [5.74, 6) is 0.545. The van der Waals surface area contributed by atoms with E-state index in [0.29, 0.717) is 23.6 Å². The summed E-state index contributed by atoms with van der Waals surface area (Å²) >= 11 is 1.61. The lowest BCUT2D eigenvalue weighted by atomic mass is 10.1. The van der Waals surface area contributed by atoms with E-state index in [1.54, 1.807) is 60.2 Å². The minimum Gasteiger partial charge on any atom is -0.497 e. The van der Waals surface area contributed by atoms with Crippen LogP contribution in [0, 0.1) is 5.82 Å². The van der Waals surface area contributed by atoms with Gasteiger partial charge in [0.05, 0.1) is 12.5 Å². The van der Waals surface area contributed by atoms with Gasteiger partial charge in [-0.25, -0.2) is 4.39 Å². The number of ether oxygens (including phenoxy) is 1. The predicted octanol–water partition coefficient (Wildman–Crippen LogP) is 3.44. The molecule has 1 aliphatic rings. The second-order valence-electron chi connectivity index (χ2n) is 6.50. The summed E-state index contributed by atoms with van der Waals surface area (Å²) in [6, 6.07) is 12.3. The van der Waals surface area contributed by atoms with Gasteiger partial charge in [0.1, 0.15) is 17.6 Å². The van der Waals surface area contributed by atoms with Crippen molar-refractivity contribution in [1.82, 2.24) is 10.2 Å². The lowest BCUT2D eigenvalue weighted by molar-refractivity contribution is -0.125. The molecule has 1 aliphatic heterocycles. The monoisotopic (exact) mass is 402 g/mol. The molecule has 0 radical (unpaired) electrons. The number of halogens is 1. The lowest BCUT2D eigenvalue weighted by Crippen LogP contribution is -2.49. The van der Waals surface area contributed by atoms with E-state index in [0.717, 1.165) is 12.0 Å². The first-order chi connectivity index (χ1) is 13.5. The van der Waals surface area contributed by atoms with Crippen molar-refractivity contribution in [2.75, 3.05) is 12.9 Å². The summed E-state index contributed by atoms with van der Waals surface area (Å²) in [4.78, 5) is 27.5. The Bertz CT molecular complexity index is 827. The molecule has 148 valence electrons. The summed E-state index contributed by atoms with van der Waals surface area (Å²) < 4.78 is 18.2. The molecule has 2 amide bonds. The van der Waals surface area contributed by atoms with Gasteiger partial charge in [0.2, 0.25) is 5.91 Å². The van der Waals surface area contributed by atoms with Gasteiger partial charge in [-0.3, -0.25) is 9.59 Å². The van der Waals surface area contributed by atoms with E-state index in [1.807, 2.05) is 6.92 Å². The number of carbonyl (C=O) groups is 2. The number of hydrogen-bond donors (Lipinski definition) is 1. The Morgan fingerprint density at radius 1 is 1.18 bits per heavy atom. The molecule has 0 aromatic heterocycles. The molecule has 2 aromatic carbocycles. The molecule has 0 spiro atoms. The first-order valence-electron chi connectivity index (χ1n) is 9.14. The van der Waals surface area contributed by atoms with Gasteiger partial charge in [0.15, 0.2) is 0 Å². The van der Waals surface area contributed by atoms with Gasteiger partial charge in [-0.05, 0) is 48.4 Å². The second kappa shape index (κ2) is 9.10. The van der Waals surface area contributed by atoms with Crippen molar-refractivity contribution in [3.05, 3.63) is 65.5 Å². The van der Waals surface area contributed by atoms with E-state index in [4.69, 9.17) is 4.74 Å². The molecule has 7 heteroatoms. The highest BCUT2D eigenvalue weighted by atomic mass is 32.2. The number of benzene rings is 2. The molecule has 1 fully saturated rings. The number of rotatable bonds is 6. The molecule has 2 atom stereocenters. The SMILES string of the molecule is CCC1SCC(C(=O)NCc2ccc(F)cc2)N1C(=O)c1ccc(OC)cc1. The third kappa shape index (κ3) is 4.47. The van der Waals surface area contributed by atoms with Crippen molar-refractivity contribution < 1.29 is 18.7 Å². The number of hydrogen-bond acceptors (Lipinski definition) is 4. The van der Waals surface area contributed by atoms with Gasteiger partial charge in [-0.2, -0.15) is 0 Å². The number of methoxy groups -OCH3 is 1. The van der Waals surface area contributed by atoms with Gasteiger partial charge in [-0.1, -0.05) is 19.1 Å². The molecule has 1 saturated heterocycles. The average Bonchev–Trinajstić information content (AvgIpc) is 3.17. The molecule has 3 rings (SSSR count). The maximum absolute atomic E-state index is 13.1. The van der Waals surface area contributed by atoms with Crippen LogP contribution in [0.1, 0.15) is 29.3 Å². The standard InChI is InChI=1S/C21H23FN2O3S/c1-3-19-24(21(26)15-6-10-17(27-2)11-7-15)18(13-28-19)20(25)23-12-14-4-8-16(22)9-5-14/h4-11,18-19H,3,12-13H2,1-2H3,(H,23,25). The Labute approximate surface area is 168 Å². The summed E-state index contributed by atoms with van der Waals surface area (Å²) in [5, 5.41) is 2.83. The van der Waals surface area contributed by atoms with Crippen LogP contribution in [0.3, 0.4) is 0 Å². The fourth-order valence-corrected chi connectivity index (χ4v) is 4.50. The summed E-state index contributed by atoms with van der Waals surface area (Å²) in [5.41, 5.74) is 1.33. The Balaban J connectivity index is 1.72. The Morgan fingerprint density at radius 3 is 2.46 bits per heavy atom. The van der Waals surface area contributed by atoms with Crippen molar-refractivity contribution in [1.29, 1.82) is 0 Å². The first-order valence-corrected chi connectivity index (χ1v) is 10.2. The van der Waals surface area contributed by atoms with Crippen LogP contribution in [0.5, 0.6) is 5.75 Å². The predicted molar refractivity (Wildman–Crippen MR) is 108 cm³/mol. The highest BCUT2D eigenvalue weighted by molar-refractivity contribution is 8.00. The fraction of sp³-hybridized carbons (Fsp3) is 0.333. The van der Waals surface area contributed by atoms with E-state index < -0.39 is 6.04 Å². The van der Waals surface area contributed by atoms with Crippen LogP contribution in [-0.4, -0.2) is 41.0 Å². The van der Waals surface area contributed by atoms with Gasteiger partial charge < -0.3 is 15.0 Å². The quantitative estimate of drug-likeness (QED) is 0.804. The largest absolute Gasteiger partial charge is 0.497 e. The molecule has 2 aromatic rings. The molecular formula is C21H23FN2O3S. The van der Waals surface area contributed by atoms with Crippen LogP contribution in [-0.2, 0) is 11.3 Å². The summed E-state index contributed by atoms with van der Waals surface area (Å²) in [7, 11) is 1.57. The number of carbonyl (C=O) groups excluding carboxylic acids is 2. The van der Waals surface area contributed by atoms with Crippen molar-refractivity contribution in [2.24, 2.45) is 0 Å². The highest BCUT2D eigenvalue weighted by Gasteiger charge is 2.40. The van der Waals surface area contributed by atoms with Crippen molar-refractivity contribution in [2.45, 2.75) is 31.3 Å². The lowest BCUT2D eigenvalue weighted by Gasteiger charge is -2.28. The van der Waals surface area contributed by atoms with E-state index in [1.165, 1.54) is 12.1 Å². The third-order valence-electron chi connectivity index (χ3n) is 4.70. The smallest absolute Gasteiger partial charge is 0.255 e. The maximum Gasteiger partial charge on any atom is 0.255 e. The number of nitrogens with one attached hydrogen (secondary N) is 1.